The normalized spacial score (nSPS) is 23.2. The zero-order valence-electron chi connectivity index (χ0n) is 11.0. The summed E-state index contributed by atoms with van der Waals surface area (Å²) in [6.45, 7) is 3.88. The van der Waals surface area contributed by atoms with Crippen LogP contribution in [0.5, 0.6) is 0 Å². The van der Waals surface area contributed by atoms with Crippen molar-refractivity contribution in [2.24, 2.45) is 0 Å². The minimum Gasteiger partial charge on any atom is -0.480 e. The predicted octanol–water partition coefficient (Wildman–Crippen LogP) is 2.07. The van der Waals surface area contributed by atoms with Gasteiger partial charge in [-0.15, -0.1) is 0 Å². The first kappa shape index (κ1) is 13.4. The third kappa shape index (κ3) is 2.54. The Morgan fingerprint density at radius 3 is 2.79 bits per heavy atom. The molecule has 0 bridgehead atoms. The maximum Gasteiger partial charge on any atom is 0.329 e. The van der Waals surface area contributed by atoms with Crippen LogP contribution in [0.4, 0.5) is 0 Å². The highest BCUT2D eigenvalue weighted by atomic mass is 16.4. The van der Waals surface area contributed by atoms with Gasteiger partial charge in [-0.1, -0.05) is 0 Å². The first-order valence-corrected chi connectivity index (χ1v) is 6.23. The van der Waals surface area contributed by atoms with Crippen molar-refractivity contribution in [3.05, 3.63) is 29.7 Å². The van der Waals surface area contributed by atoms with Gasteiger partial charge in [0.15, 0.2) is 0 Å². The van der Waals surface area contributed by atoms with Crippen LogP contribution in [0, 0.1) is 6.92 Å². The Kier molecular flexibility index (Phi) is 3.46. The van der Waals surface area contributed by atoms with E-state index in [2.05, 4.69) is 0 Å². The maximum atomic E-state index is 12.1. The molecular weight excluding hydrogens is 246 g/mol. The molecule has 0 aliphatic carbocycles. The molecule has 5 heteroatoms. The Hall–Kier alpha value is -2.04. The Balaban J connectivity index is 2.12. The number of aliphatic carboxylic acids is 1. The van der Waals surface area contributed by atoms with Crippen molar-refractivity contribution in [3.63, 3.8) is 0 Å². The van der Waals surface area contributed by atoms with E-state index in [9.17, 15) is 14.7 Å². The number of carboxylic acid groups (broad SMARTS) is 1. The standard InChI is InChI=1S/C14H17NO4/c1-10-4-5-11(19-10)6-7-12(16)15-9-3-8-14(15,2)13(17)18/h4-7H,3,8-9H2,1-2H3,(H,17,18). The number of furan rings is 1. The van der Waals surface area contributed by atoms with Crippen LogP contribution in [-0.2, 0) is 9.59 Å². The van der Waals surface area contributed by atoms with E-state index in [1.807, 2.05) is 6.92 Å². The van der Waals surface area contributed by atoms with Gasteiger partial charge >= 0.3 is 5.97 Å². The highest BCUT2D eigenvalue weighted by molar-refractivity contribution is 5.95. The fourth-order valence-electron chi connectivity index (χ4n) is 2.33. The van der Waals surface area contributed by atoms with Crippen molar-refractivity contribution >= 4 is 18.0 Å². The zero-order chi connectivity index (χ0) is 14.0. The number of hydrogen-bond acceptors (Lipinski definition) is 3. The summed E-state index contributed by atoms with van der Waals surface area (Å²) in [4.78, 5) is 24.8. The van der Waals surface area contributed by atoms with Crippen molar-refractivity contribution in [3.8, 4) is 0 Å². The second kappa shape index (κ2) is 4.91. The molecule has 0 saturated carbocycles. The number of likely N-dealkylation sites (tertiary alicyclic amines) is 1. The van der Waals surface area contributed by atoms with Gasteiger partial charge in [0, 0.05) is 12.6 Å². The fourth-order valence-corrected chi connectivity index (χ4v) is 2.33. The summed E-state index contributed by atoms with van der Waals surface area (Å²) in [7, 11) is 0. The van der Waals surface area contributed by atoms with Gasteiger partial charge in [0.1, 0.15) is 17.1 Å². The van der Waals surface area contributed by atoms with Gasteiger partial charge in [0.05, 0.1) is 0 Å². The van der Waals surface area contributed by atoms with E-state index < -0.39 is 11.5 Å². The highest BCUT2D eigenvalue weighted by Crippen LogP contribution is 2.29. The Morgan fingerprint density at radius 1 is 1.47 bits per heavy atom. The molecule has 1 atom stereocenters. The van der Waals surface area contributed by atoms with E-state index >= 15 is 0 Å². The molecule has 0 spiro atoms. The molecule has 1 unspecified atom stereocenters. The van der Waals surface area contributed by atoms with Crippen LogP contribution in [-0.4, -0.2) is 34.0 Å². The lowest BCUT2D eigenvalue weighted by Crippen LogP contribution is -2.50. The van der Waals surface area contributed by atoms with Gasteiger partial charge in [-0.3, -0.25) is 4.79 Å². The molecule has 1 aliphatic heterocycles. The molecule has 0 radical (unpaired) electrons. The minimum atomic E-state index is -1.10. The molecule has 1 saturated heterocycles. The minimum absolute atomic E-state index is 0.295. The van der Waals surface area contributed by atoms with Gasteiger partial charge in [0.2, 0.25) is 5.91 Å². The number of aryl methyl sites for hydroxylation is 1. The number of carbonyl (C=O) groups excluding carboxylic acids is 1. The lowest BCUT2D eigenvalue weighted by molar-refractivity contribution is -0.153. The molecule has 1 aromatic heterocycles. The van der Waals surface area contributed by atoms with Gasteiger partial charge < -0.3 is 14.4 Å². The van der Waals surface area contributed by atoms with Gasteiger partial charge in [-0.2, -0.15) is 0 Å². The van der Waals surface area contributed by atoms with Crippen LogP contribution >= 0.6 is 0 Å². The average molecular weight is 263 g/mol. The summed E-state index contributed by atoms with van der Waals surface area (Å²) in [6, 6.07) is 3.57. The molecule has 1 fully saturated rings. The molecule has 1 amide bonds. The van der Waals surface area contributed by atoms with Gasteiger partial charge in [-0.25, -0.2) is 4.79 Å². The summed E-state index contributed by atoms with van der Waals surface area (Å²) >= 11 is 0. The molecule has 1 N–H and O–H groups in total. The van der Waals surface area contributed by atoms with E-state index in [0.29, 0.717) is 25.1 Å². The smallest absolute Gasteiger partial charge is 0.329 e. The van der Waals surface area contributed by atoms with E-state index in [1.165, 1.54) is 11.0 Å². The molecule has 2 rings (SSSR count). The molecule has 2 heterocycles. The van der Waals surface area contributed by atoms with Crippen LogP contribution in [0.3, 0.4) is 0 Å². The summed E-state index contributed by atoms with van der Waals surface area (Å²) in [5.41, 5.74) is -1.10. The molecule has 102 valence electrons. The number of carboxylic acids is 1. The topological polar surface area (TPSA) is 70.8 Å². The zero-order valence-corrected chi connectivity index (χ0v) is 11.0. The second-order valence-electron chi connectivity index (χ2n) is 4.95. The first-order chi connectivity index (χ1) is 8.93. The quantitative estimate of drug-likeness (QED) is 0.847. The van der Waals surface area contributed by atoms with Crippen LogP contribution in [0.2, 0.25) is 0 Å². The van der Waals surface area contributed by atoms with Crippen LogP contribution in [0.25, 0.3) is 6.08 Å². The molecule has 1 aliphatic rings. The van der Waals surface area contributed by atoms with E-state index in [0.717, 1.165) is 5.76 Å². The van der Waals surface area contributed by atoms with Crippen molar-refractivity contribution < 1.29 is 19.1 Å². The van der Waals surface area contributed by atoms with Gasteiger partial charge in [0.25, 0.3) is 0 Å². The Morgan fingerprint density at radius 2 is 2.21 bits per heavy atom. The number of nitrogens with zero attached hydrogens (tertiary/aromatic N) is 1. The Labute approximate surface area is 111 Å². The van der Waals surface area contributed by atoms with Crippen LogP contribution < -0.4 is 0 Å². The molecule has 19 heavy (non-hydrogen) atoms. The number of rotatable bonds is 3. The predicted molar refractivity (Wildman–Crippen MR) is 69.5 cm³/mol. The van der Waals surface area contributed by atoms with E-state index in [-0.39, 0.29) is 5.91 Å². The maximum absolute atomic E-state index is 12.1. The third-order valence-electron chi connectivity index (χ3n) is 3.52. The second-order valence-corrected chi connectivity index (χ2v) is 4.95. The summed E-state index contributed by atoms with van der Waals surface area (Å²) in [5, 5.41) is 9.24. The highest BCUT2D eigenvalue weighted by Gasteiger charge is 2.45. The number of amides is 1. The summed E-state index contributed by atoms with van der Waals surface area (Å²) in [6.07, 6.45) is 4.13. The van der Waals surface area contributed by atoms with Gasteiger partial charge in [-0.05, 0) is 44.9 Å². The van der Waals surface area contributed by atoms with E-state index in [4.69, 9.17) is 4.42 Å². The number of hydrogen-bond donors (Lipinski definition) is 1. The fraction of sp³-hybridized carbons (Fsp3) is 0.429. The molecule has 1 aromatic rings. The third-order valence-corrected chi connectivity index (χ3v) is 3.52. The monoisotopic (exact) mass is 263 g/mol. The molecule has 5 nitrogen and oxygen atoms in total. The van der Waals surface area contributed by atoms with Crippen molar-refractivity contribution in [1.82, 2.24) is 4.90 Å². The lowest BCUT2D eigenvalue weighted by Gasteiger charge is -2.30. The van der Waals surface area contributed by atoms with E-state index in [1.54, 1.807) is 25.1 Å². The first-order valence-electron chi connectivity index (χ1n) is 6.23. The average Bonchev–Trinajstić information content (AvgIpc) is 2.93. The summed E-state index contributed by atoms with van der Waals surface area (Å²) in [5.74, 6) is 0.0998. The SMILES string of the molecule is Cc1ccc(C=CC(=O)N2CCCC2(C)C(=O)O)o1. The van der Waals surface area contributed by atoms with Crippen molar-refractivity contribution in [2.45, 2.75) is 32.2 Å². The van der Waals surface area contributed by atoms with Crippen LogP contribution in [0.1, 0.15) is 31.3 Å². The largest absolute Gasteiger partial charge is 0.480 e. The molecule has 0 aromatic carbocycles. The van der Waals surface area contributed by atoms with Crippen LogP contribution in [0.15, 0.2) is 22.6 Å². The summed E-state index contributed by atoms with van der Waals surface area (Å²) < 4.78 is 5.32. The molecular formula is C14H17NO4. The van der Waals surface area contributed by atoms with Crippen molar-refractivity contribution in [1.29, 1.82) is 0 Å². The van der Waals surface area contributed by atoms with Crippen molar-refractivity contribution in [2.75, 3.05) is 6.54 Å². The lowest BCUT2D eigenvalue weighted by atomic mass is 9.99. The Bertz CT molecular complexity index is 531. The number of carbonyl (C=O) groups is 2.